The number of allylic oxidation sites excluding steroid dienone is 2. The molecule has 0 aromatic heterocycles. The summed E-state index contributed by atoms with van der Waals surface area (Å²) in [5, 5.41) is 12.8. The SMILES string of the molecule is C=CCCCCCOc1ccc(C(C)(C)C)cc1C(O)(c1cc(C(C)(C)C)ccc1OCCCCCC=C)[C@@H](C)N. The number of unbranched alkanes of at least 4 members (excludes halogenated alkanes) is 6. The first-order valence-corrected chi connectivity index (χ1v) is 15.5. The number of hydrogen-bond acceptors (Lipinski definition) is 4. The first-order valence-electron chi connectivity index (χ1n) is 15.5. The molecule has 0 amide bonds. The van der Waals surface area contributed by atoms with Crippen LogP contribution in [0.5, 0.6) is 11.5 Å². The molecule has 0 aliphatic heterocycles. The molecule has 0 unspecified atom stereocenters. The standard InChI is InChI=1S/C37H57NO3/c1-10-12-14-16-18-24-40-33-22-20-29(35(4,5)6)26-31(33)37(39,28(3)38)32-27-30(36(7,8)9)21-23-34(32)41-25-19-17-15-13-11-2/h10-11,20-23,26-28,39H,1-2,12-19,24-25,38H2,3-9H3/t28-/m1/s1. The predicted octanol–water partition coefficient (Wildman–Crippen LogP) is 9.12. The van der Waals surface area contributed by atoms with Crippen LogP contribution in [-0.4, -0.2) is 24.4 Å². The van der Waals surface area contributed by atoms with Crippen LogP contribution in [-0.2, 0) is 16.4 Å². The second-order valence-corrected chi connectivity index (χ2v) is 13.4. The monoisotopic (exact) mass is 563 g/mol. The summed E-state index contributed by atoms with van der Waals surface area (Å²) >= 11 is 0. The molecule has 0 spiro atoms. The summed E-state index contributed by atoms with van der Waals surface area (Å²) in [6.07, 6.45) is 12.1. The lowest BCUT2D eigenvalue weighted by molar-refractivity contribution is 0.0509. The minimum atomic E-state index is -1.53. The van der Waals surface area contributed by atoms with Gasteiger partial charge in [-0.15, -0.1) is 13.2 Å². The smallest absolute Gasteiger partial charge is 0.136 e. The van der Waals surface area contributed by atoms with Gasteiger partial charge in [0.15, 0.2) is 0 Å². The van der Waals surface area contributed by atoms with E-state index in [1.54, 1.807) is 0 Å². The van der Waals surface area contributed by atoms with Crippen LogP contribution in [0, 0.1) is 0 Å². The summed E-state index contributed by atoms with van der Waals surface area (Å²) in [6.45, 7) is 23.7. The average molecular weight is 564 g/mol. The molecule has 0 aliphatic carbocycles. The number of rotatable bonds is 17. The molecule has 0 radical (unpaired) electrons. The molecule has 0 saturated carbocycles. The summed E-state index contributed by atoms with van der Waals surface area (Å²) in [4.78, 5) is 0. The van der Waals surface area contributed by atoms with E-state index in [2.05, 4.69) is 79.0 Å². The van der Waals surface area contributed by atoms with E-state index in [-0.39, 0.29) is 10.8 Å². The van der Waals surface area contributed by atoms with Crippen LogP contribution in [0.3, 0.4) is 0 Å². The fourth-order valence-electron chi connectivity index (χ4n) is 4.98. The van der Waals surface area contributed by atoms with Crippen molar-refractivity contribution >= 4 is 0 Å². The maximum absolute atomic E-state index is 12.8. The average Bonchev–Trinajstić information content (AvgIpc) is 2.91. The van der Waals surface area contributed by atoms with Crippen molar-refractivity contribution in [2.45, 2.75) is 122 Å². The van der Waals surface area contributed by atoms with Crippen LogP contribution < -0.4 is 15.2 Å². The zero-order valence-corrected chi connectivity index (χ0v) is 27.0. The van der Waals surface area contributed by atoms with E-state index in [1.165, 1.54) is 0 Å². The molecular weight excluding hydrogens is 506 g/mol. The van der Waals surface area contributed by atoms with Crippen molar-refractivity contribution in [2.75, 3.05) is 13.2 Å². The minimum absolute atomic E-state index is 0.116. The Morgan fingerprint density at radius 1 is 0.707 bits per heavy atom. The highest BCUT2D eigenvalue weighted by Crippen LogP contribution is 2.45. The highest BCUT2D eigenvalue weighted by atomic mass is 16.5. The maximum atomic E-state index is 12.8. The van der Waals surface area contributed by atoms with Crippen molar-refractivity contribution < 1.29 is 14.6 Å². The molecule has 2 aromatic carbocycles. The Hall–Kier alpha value is -2.56. The molecule has 2 aromatic rings. The number of nitrogens with two attached hydrogens (primary N) is 1. The van der Waals surface area contributed by atoms with Crippen molar-refractivity contribution in [1.29, 1.82) is 0 Å². The van der Waals surface area contributed by atoms with Crippen LogP contribution in [0.1, 0.15) is 122 Å². The Bertz CT molecular complexity index is 1020. The Morgan fingerprint density at radius 2 is 1.10 bits per heavy atom. The molecule has 2 rings (SSSR count). The lowest BCUT2D eigenvalue weighted by atomic mass is 9.75. The Kier molecular flexibility index (Phi) is 13.2. The van der Waals surface area contributed by atoms with Gasteiger partial charge in [-0.05, 0) is 105 Å². The Labute approximate surface area is 251 Å². The van der Waals surface area contributed by atoms with E-state index >= 15 is 0 Å². The summed E-state index contributed by atoms with van der Waals surface area (Å²) in [6, 6.07) is 11.7. The number of ether oxygens (including phenoxy) is 2. The molecule has 0 saturated heterocycles. The summed E-state index contributed by atoms with van der Waals surface area (Å²) < 4.78 is 12.8. The maximum Gasteiger partial charge on any atom is 0.136 e. The normalized spacial score (nSPS) is 13.1. The van der Waals surface area contributed by atoms with E-state index < -0.39 is 11.6 Å². The lowest BCUT2D eigenvalue weighted by Gasteiger charge is -2.37. The zero-order valence-electron chi connectivity index (χ0n) is 27.0. The van der Waals surface area contributed by atoms with E-state index in [0.29, 0.717) is 35.8 Å². The molecule has 4 heteroatoms. The van der Waals surface area contributed by atoms with Crippen LogP contribution in [0.2, 0.25) is 0 Å². The van der Waals surface area contributed by atoms with Gasteiger partial charge in [-0.2, -0.15) is 0 Å². The Balaban J connectivity index is 2.62. The van der Waals surface area contributed by atoms with E-state index in [9.17, 15) is 5.11 Å². The van der Waals surface area contributed by atoms with Crippen LogP contribution >= 0.6 is 0 Å². The van der Waals surface area contributed by atoms with Gasteiger partial charge in [0.2, 0.25) is 0 Å². The van der Waals surface area contributed by atoms with E-state index in [0.717, 1.165) is 62.5 Å². The van der Waals surface area contributed by atoms with Gasteiger partial charge >= 0.3 is 0 Å². The van der Waals surface area contributed by atoms with Gasteiger partial charge in [-0.3, -0.25) is 0 Å². The molecule has 3 N–H and O–H groups in total. The molecule has 0 aliphatic rings. The van der Waals surface area contributed by atoms with Crippen LogP contribution in [0.15, 0.2) is 61.7 Å². The number of aliphatic hydroxyl groups is 1. The molecule has 0 heterocycles. The molecule has 0 bridgehead atoms. The largest absolute Gasteiger partial charge is 0.493 e. The van der Waals surface area contributed by atoms with Gasteiger partial charge in [-0.25, -0.2) is 0 Å². The molecule has 228 valence electrons. The van der Waals surface area contributed by atoms with Crippen LogP contribution in [0.4, 0.5) is 0 Å². The highest BCUT2D eigenvalue weighted by Gasteiger charge is 2.42. The third kappa shape index (κ3) is 9.75. The number of benzene rings is 2. The van der Waals surface area contributed by atoms with Gasteiger partial charge in [0.05, 0.1) is 13.2 Å². The molecule has 0 fully saturated rings. The van der Waals surface area contributed by atoms with Gasteiger partial charge in [-0.1, -0.05) is 65.8 Å². The summed E-state index contributed by atoms with van der Waals surface area (Å²) in [7, 11) is 0. The summed E-state index contributed by atoms with van der Waals surface area (Å²) in [5.74, 6) is 1.33. The van der Waals surface area contributed by atoms with Crippen LogP contribution in [0.25, 0.3) is 0 Å². The second-order valence-electron chi connectivity index (χ2n) is 13.4. The van der Waals surface area contributed by atoms with Crippen molar-refractivity contribution in [3.63, 3.8) is 0 Å². The first kappa shape index (κ1) is 34.6. The molecule has 41 heavy (non-hydrogen) atoms. The zero-order chi connectivity index (χ0) is 30.7. The quantitative estimate of drug-likeness (QED) is 0.149. The third-order valence-corrected chi connectivity index (χ3v) is 7.79. The highest BCUT2D eigenvalue weighted by molar-refractivity contribution is 5.54. The fraction of sp³-hybridized carbons (Fsp3) is 0.568. The Morgan fingerprint density at radius 3 is 1.41 bits per heavy atom. The number of hydrogen-bond donors (Lipinski definition) is 2. The van der Waals surface area contributed by atoms with Crippen molar-refractivity contribution in [3.05, 3.63) is 84.0 Å². The van der Waals surface area contributed by atoms with E-state index in [1.807, 2.05) is 31.2 Å². The first-order chi connectivity index (χ1) is 19.3. The molecule has 4 nitrogen and oxygen atoms in total. The van der Waals surface area contributed by atoms with Crippen molar-refractivity contribution in [3.8, 4) is 11.5 Å². The second kappa shape index (κ2) is 15.6. The van der Waals surface area contributed by atoms with Crippen molar-refractivity contribution in [2.24, 2.45) is 5.73 Å². The third-order valence-electron chi connectivity index (χ3n) is 7.79. The fourth-order valence-corrected chi connectivity index (χ4v) is 4.98. The molecule has 1 atom stereocenters. The van der Waals surface area contributed by atoms with E-state index in [4.69, 9.17) is 15.2 Å². The molecular formula is C37H57NO3. The van der Waals surface area contributed by atoms with Gasteiger partial charge in [0, 0.05) is 17.2 Å². The van der Waals surface area contributed by atoms with Crippen molar-refractivity contribution in [1.82, 2.24) is 0 Å². The predicted molar refractivity (Wildman–Crippen MR) is 175 cm³/mol. The minimum Gasteiger partial charge on any atom is -0.493 e. The lowest BCUT2D eigenvalue weighted by Crippen LogP contribution is -2.45. The van der Waals surface area contributed by atoms with Gasteiger partial charge in [0.1, 0.15) is 17.1 Å². The topological polar surface area (TPSA) is 64.7 Å². The van der Waals surface area contributed by atoms with Gasteiger partial charge < -0.3 is 20.3 Å². The van der Waals surface area contributed by atoms with Gasteiger partial charge in [0.25, 0.3) is 0 Å². The summed E-state index contributed by atoms with van der Waals surface area (Å²) in [5.41, 5.74) is 8.57.